The van der Waals surface area contributed by atoms with Gasteiger partial charge in [-0.1, -0.05) is 54.6 Å². The molecule has 1 unspecified atom stereocenters. The third-order valence-corrected chi connectivity index (χ3v) is 4.28. The Kier molecular flexibility index (Phi) is 6.92. The first-order chi connectivity index (χ1) is 14.8. The molecule has 3 aromatic rings. The Morgan fingerprint density at radius 2 is 1.52 bits per heavy atom. The van der Waals surface area contributed by atoms with Gasteiger partial charge in [0.15, 0.2) is 0 Å². The predicted molar refractivity (Wildman–Crippen MR) is 110 cm³/mol. The molecule has 0 radical (unpaired) electrons. The Hall–Kier alpha value is -3.81. The highest BCUT2D eigenvalue weighted by molar-refractivity contribution is 6.01. The Balaban J connectivity index is 1.77. The van der Waals surface area contributed by atoms with Crippen molar-refractivity contribution in [2.24, 2.45) is 0 Å². The van der Waals surface area contributed by atoms with E-state index < -0.39 is 30.0 Å². The SMILES string of the molecule is O=C(NC(Cc1ccccc1)C(=O)Nc1cccc(OC(F)(F)F)c1)c1ccccc1. The smallest absolute Gasteiger partial charge is 0.406 e. The second-order valence-electron chi connectivity index (χ2n) is 6.65. The van der Waals surface area contributed by atoms with E-state index in [9.17, 15) is 22.8 Å². The van der Waals surface area contributed by atoms with E-state index in [1.54, 1.807) is 42.5 Å². The molecule has 5 nitrogen and oxygen atoms in total. The molecule has 0 saturated carbocycles. The fourth-order valence-corrected chi connectivity index (χ4v) is 2.89. The number of carbonyl (C=O) groups is 2. The number of anilines is 1. The number of carbonyl (C=O) groups excluding carboxylic acids is 2. The molecule has 0 aliphatic carbocycles. The summed E-state index contributed by atoms with van der Waals surface area (Å²) in [5.41, 5.74) is 1.30. The van der Waals surface area contributed by atoms with Crippen molar-refractivity contribution in [2.45, 2.75) is 18.8 Å². The summed E-state index contributed by atoms with van der Waals surface area (Å²) in [6, 6.07) is 21.4. The van der Waals surface area contributed by atoms with Gasteiger partial charge in [0.2, 0.25) is 5.91 Å². The summed E-state index contributed by atoms with van der Waals surface area (Å²) in [4.78, 5) is 25.5. The maximum Gasteiger partial charge on any atom is 0.573 e. The van der Waals surface area contributed by atoms with Crippen molar-refractivity contribution in [1.29, 1.82) is 0 Å². The Bertz CT molecular complexity index is 1020. The van der Waals surface area contributed by atoms with Crippen LogP contribution in [0.4, 0.5) is 18.9 Å². The Labute approximate surface area is 176 Å². The maximum atomic E-state index is 12.9. The number of amides is 2. The molecule has 31 heavy (non-hydrogen) atoms. The fourth-order valence-electron chi connectivity index (χ4n) is 2.89. The van der Waals surface area contributed by atoms with Gasteiger partial charge in [-0.25, -0.2) is 0 Å². The zero-order valence-electron chi connectivity index (χ0n) is 16.2. The van der Waals surface area contributed by atoms with Crippen LogP contribution >= 0.6 is 0 Å². The summed E-state index contributed by atoms with van der Waals surface area (Å²) >= 11 is 0. The summed E-state index contributed by atoms with van der Waals surface area (Å²) in [7, 11) is 0. The third kappa shape index (κ3) is 6.88. The number of nitrogens with one attached hydrogen (secondary N) is 2. The number of ether oxygens (including phenoxy) is 1. The lowest BCUT2D eigenvalue weighted by molar-refractivity contribution is -0.274. The number of halogens is 3. The lowest BCUT2D eigenvalue weighted by Gasteiger charge is -2.19. The standard InChI is InChI=1S/C23H19F3N2O3/c24-23(25,26)31-19-13-7-12-18(15-19)27-22(30)20(14-16-8-3-1-4-9-16)28-21(29)17-10-5-2-6-11-17/h1-13,15,20H,14H2,(H,27,30)(H,28,29). The summed E-state index contributed by atoms with van der Waals surface area (Å²) < 4.78 is 41.2. The fraction of sp³-hybridized carbons (Fsp3) is 0.130. The van der Waals surface area contributed by atoms with Crippen LogP contribution < -0.4 is 15.4 Å². The third-order valence-electron chi connectivity index (χ3n) is 4.28. The average Bonchev–Trinajstić information content (AvgIpc) is 2.73. The summed E-state index contributed by atoms with van der Waals surface area (Å²) in [5, 5.41) is 5.24. The highest BCUT2D eigenvalue weighted by Gasteiger charge is 2.31. The van der Waals surface area contributed by atoms with E-state index in [4.69, 9.17) is 0 Å². The van der Waals surface area contributed by atoms with E-state index in [1.807, 2.05) is 18.2 Å². The summed E-state index contributed by atoms with van der Waals surface area (Å²) in [6.07, 6.45) is -4.65. The molecular formula is C23H19F3N2O3. The number of rotatable bonds is 7. The molecule has 2 amide bonds. The van der Waals surface area contributed by atoms with E-state index in [0.717, 1.165) is 17.7 Å². The van der Waals surface area contributed by atoms with E-state index in [-0.39, 0.29) is 12.1 Å². The minimum atomic E-state index is -4.85. The second-order valence-corrected chi connectivity index (χ2v) is 6.65. The van der Waals surface area contributed by atoms with Crippen molar-refractivity contribution in [3.8, 4) is 5.75 Å². The van der Waals surface area contributed by atoms with Crippen LogP contribution in [0.15, 0.2) is 84.9 Å². The number of benzene rings is 3. The van der Waals surface area contributed by atoms with Crippen molar-refractivity contribution in [2.75, 3.05) is 5.32 Å². The van der Waals surface area contributed by atoms with Crippen molar-refractivity contribution in [3.05, 3.63) is 96.1 Å². The van der Waals surface area contributed by atoms with Crippen LogP contribution in [0.3, 0.4) is 0 Å². The molecule has 8 heteroatoms. The molecule has 0 aliphatic rings. The molecule has 2 N–H and O–H groups in total. The van der Waals surface area contributed by atoms with Gasteiger partial charge in [0.25, 0.3) is 5.91 Å². The van der Waals surface area contributed by atoms with Gasteiger partial charge in [-0.3, -0.25) is 9.59 Å². The van der Waals surface area contributed by atoms with E-state index in [1.165, 1.54) is 12.1 Å². The molecule has 160 valence electrons. The normalized spacial score (nSPS) is 12.0. The van der Waals surface area contributed by atoms with Crippen LogP contribution in [-0.2, 0) is 11.2 Å². The van der Waals surface area contributed by atoms with Crippen molar-refractivity contribution in [1.82, 2.24) is 5.32 Å². The maximum absolute atomic E-state index is 12.9. The highest BCUT2D eigenvalue weighted by atomic mass is 19.4. The lowest BCUT2D eigenvalue weighted by Crippen LogP contribution is -2.45. The van der Waals surface area contributed by atoms with Crippen LogP contribution in [-0.4, -0.2) is 24.2 Å². The van der Waals surface area contributed by atoms with Gasteiger partial charge in [-0.05, 0) is 29.8 Å². The van der Waals surface area contributed by atoms with Gasteiger partial charge >= 0.3 is 6.36 Å². The van der Waals surface area contributed by atoms with E-state index in [2.05, 4.69) is 15.4 Å². The zero-order chi connectivity index (χ0) is 22.3. The Morgan fingerprint density at radius 1 is 0.871 bits per heavy atom. The van der Waals surface area contributed by atoms with Gasteiger partial charge in [0.1, 0.15) is 11.8 Å². The molecule has 0 aromatic heterocycles. The first-order valence-electron chi connectivity index (χ1n) is 9.37. The topological polar surface area (TPSA) is 67.4 Å². The van der Waals surface area contributed by atoms with Crippen LogP contribution in [0.2, 0.25) is 0 Å². The Morgan fingerprint density at radius 3 is 2.16 bits per heavy atom. The first kappa shape index (κ1) is 21.9. The summed E-state index contributed by atoms with van der Waals surface area (Å²) in [5.74, 6) is -1.47. The van der Waals surface area contributed by atoms with Crippen molar-refractivity contribution >= 4 is 17.5 Å². The van der Waals surface area contributed by atoms with Crippen LogP contribution in [0, 0.1) is 0 Å². The van der Waals surface area contributed by atoms with Gasteiger partial charge in [0, 0.05) is 23.7 Å². The monoisotopic (exact) mass is 428 g/mol. The van der Waals surface area contributed by atoms with Crippen molar-refractivity contribution < 1.29 is 27.5 Å². The molecular weight excluding hydrogens is 409 g/mol. The number of hydrogen-bond acceptors (Lipinski definition) is 3. The predicted octanol–water partition coefficient (Wildman–Crippen LogP) is 4.57. The molecule has 0 heterocycles. The van der Waals surface area contributed by atoms with Crippen LogP contribution in [0.5, 0.6) is 5.75 Å². The highest BCUT2D eigenvalue weighted by Crippen LogP contribution is 2.25. The van der Waals surface area contributed by atoms with Gasteiger partial charge in [0.05, 0.1) is 0 Å². The molecule has 0 saturated heterocycles. The molecule has 0 bridgehead atoms. The molecule has 0 spiro atoms. The lowest BCUT2D eigenvalue weighted by atomic mass is 10.0. The molecule has 3 rings (SSSR count). The quantitative estimate of drug-likeness (QED) is 0.580. The average molecular weight is 428 g/mol. The van der Waals surface area contributed by atoms with E-state index >= 15 is 0 Å². The molecule has 3 aromatic carbocycles. The zero-order valence-corrected chi connectivity index (χ0v) is 16.2. The molecule has 0 aliphatic heterocycles. The van der Waals surface area contributed by atoms with Gasteiger partial charge in [-0.2, -0.15) is 0 Å². The van der Waals surface area contributed by atoms with Crippen molar-refractivity contribution in [3.63, 3.8) is 0 Å². The van der Waals surface area contributed by atoms with Crippen LogP contribution in [0.1, 0.15) is 15.9 Å². The number of alkyl halides is 3. The second kappa shape index (κ2) is 9.80. The number of hydrogen-bond donors (Lipinski definition) is 2. The van der Waals surface area contributed by atoms with Gasteiger partial charge < -0.3 is 15.4 Å². The summed E-state index contributed by atoms with van der Waals surface area (Å²) in [6.45, 7) is 0. The largest absolute Gasteiger partial charge is 0.573 e. The minimum absolute atomic E-state index is 0.110. The first-order valence-corrected chi connectivity index (χ1v) is 9.37. The van der Waals surface area contributed by atoms with Crippen LogP contribution in [0.25, 0.3) is 0 Å². The molecule has 1 atom stereocenters. The minimum Gasteiger partial charge on any atom is -0.406 e. The molecule has 0 fully saturated rings. The van der Waals surface area contributed by atoms with Gasteiger partial charge in [-0.15, -0.1) is 13.2 Å². The van der Waals surface area contributed by atoms with E-state index in [0.29, 0.717) is 5.56 Å².